The molecule has 3 heteroatoms. The largest absolute Gasteiger partial charge is 0.233 e. The highest BCUT2D eigenvalue weighted by Gasteiger charge is 2.17. The Hall–Kier alpha value is -2.94. The van der Waals surface area contributed by atoms with E-state index in [1.165, 1.54) is 16.7 Å². The topological polar surface area (TPSA) is 30.7 Å². The third kappa shape index (κ3) is 2.72. The van der Waals surface area contributed by atoms with Crippen LogP contribution in [0.15, 0.2) is 54.6 Å². The van der Waals surface area contributed by atoms with Crippen LogP contribution in [-0.4, -0.2) is 14.8 Å². The highest BCUT2D eigenvalue weighted by Crippen LogP contribution is 2.31. The van der Waals surface area contributed by atoms with Crippen LogP contribution in [0.5, 0.6) is 0 Å². The van der Waals surface area contributed by atoms with E-state index in [-0.39, 0.29) is 0 Å². The molecule has 25 heavy (non-hydrogen) atoms. The van der Waals surface area contributed by atoms with Gasteiger partial charge in [-0.05, 0) is 51.5 Å². The van der Waals surface area contributed by atoms with Gasteiger partial charge in [0.1, 0.15) is 5.69 Å². The first-order chi connectivity index (χ1) is 12.0. The van der Waals surface area contributed by atoms with Gasteiger partial charge >= 0.3 is 0 Å². The molecule has 0 N–H and O–H groups in total. The second kappa shape index (κ2) is 5.85. The summed E-state index contributed by atoms with van der Waals surface area (Å²) in [5.74, 6) is 0. The Labute approximate surface area is 148 Å². The van der Waals surface area contributed by atoms with Crippen molar-refractivity contribution in [3.8, 4) is 16.9 Å². The Bertz CT molecular complexity index is 1060. The van der Waals surface area contributed by atoms with Crippen LogP contribution in [0, 0.1) is 27.7 Å². The fraction of sp³-hybridized carbons (Fsp3) is 0.182. The summed E-state index contributed by atoms with van der Waals surface area (Å²) < 4.78 is 1.96. The van der Waals surface area contributed by atoms with Gasteiger partial charge in [0.2, 0.25) is 0 Å². The molecule has 0 spiro atoms. The van der Waals surface area contributed by atoms with E-state index in [1.807, 2.05) is 11.6 Å². The average molecular weight is 327 g/mol. The SMILES string of the molecule is Cc1ccc(-c2nn(-c3ccc(C)cc3)c3nc(C)cc(C)c23)cc1. The van der Waals surface area contributed by atoms with Gasteiger partial charge in [0.15, 0.2) is 5.65 Å². The average Bonchev–Trinajstić information content (AvgIpc) is 2.96. The van der Waals surface area contributed by atoms with E-state index in [2.05, 4.69) is 75.4 Å². The van der Waals surface area contributed by atoms with Gasteiger partial charge in [0, 0.05) is 11.3 Å². The van der Waals surface area contributed by atoms with Crippen LogP contribution < -0.4 is 0 Å². The fourth-order valence-electron chi connectivity index (χ4n) is 3.24. The van der Waals surface area contributed by atoms with Crippen LogP contribution in [0.1, 0.15) is 22.4 Å². The Morgan fingerprint density at radius 2 is 1.36 bits per heavy atom. The van der Waals surface area contributed by atoms with Crippen molar-refractivity contribution < 1.29 is 0 Å². The molecule has 0 aliphatic heterocycles. The summed E-state index contributed by atoms with van der Waals surface area (Å²) in [7, 11) is 0. The standard InChI is InChI=1S/C22H21N3/c1-14-5-9-18(10-6-14)21-20-16(3)13-17(4)23-22(20)25(24-21)19-11-7-15(2)8-12-19/h5-13H,1-4H3. The van der Waals surface area contributed by atoms with Crippen molar-refractivity contribution in [3.63, 3.8) is 0 Å². The van der Waals surface area contributed by atoms with Gasteiger partial charge in [-0.1, -0.05) is 47.5 Å². The first-order valence-corrected chi connectivity index (χ1v) is 8.54. The number of fused-ring (bicyclic) bond motifs is 1. The zero-order valence-corrected chi connectivity index (χ0v) is 15.0. The number of rotatable bonds is 2. The Morgan fingerprint density at radius 1 is 0.760 bits per heavy atom. The van der Waals surface area contributed by atoms with E-state index in [4.69, 9.17) is 10.1 Å². The van der Waals surface area contributed by atoms with Gasteiger partial charge in [-0.2, -0.15) is 5.10 Å². The fourth-order valence-corrected chi connectivity index (χ4v) is 3.24. The minimum Gasteiger partial charge on any atom is -0.233 e. The number of hydrogen-bond donors (Lipinski definition) is 0. The quantitative estimate of drug-likeness (QED) is 0.499. The zero-order chi connectivity index (χ0) is 17.6. The summed E-state index contributed by atoms with van der Waals surface area (Å²) in [5.41, 5.74) is 8.75. The maximum absolute atomic E-state index is 4.95. The molecule has 0 unspecified atom stereocenters. The monoisotopic (exact) mass is 327 g/mol. The molecule has 0 aliphatic carbocycles. The summed E-state index contributed by atoms with van der Waals surface area (Å²) in [6.45, 7) is 8.36. The number of hydrogen-bond acceptors (Lipinski definition) is 2. The molecule has 0 saturated heterocycles. The molecule has 0 fully saturated rings. The number of aryl methyl sites for hydroxylation is 4. The maximum Gasteiger partial charge on any atom is 0.164 e. The third-order valence-corrected chi connectivity index (χ3v) is 4.57. The highest BCUT2D eigenvalue weighted by atomic mass is 15.3. The summed E-state index contributed by atoms with van der Waals surface area (Å²) in [5, 5.41) is 6.07. The van der Waals surface area contributed by atoms with E-state index in [9.17, 15) is 0 Å². The van der Waals surface area contributed by atoms with Crippen LogP contribution >= 0.6 is 0 Å². The molecule has 0 bridgehead atoms. The predicted octanol–water partition coefficient (Wildman–Crippen LogP) is 5.32. The normalized spacial score (nSPS) is 11.2. The zero-order valence-electron chi connectivity index (χ0n) is 15.0. The molecule has 0 aliphatic rings. The number of benzene rings is 2. The summed E-state index contributed by atoms with van der Waals surface area (Å²) in [6, 6.07) is 19.1. The summed E-state index contributed by atoms with van der Waals surface area (Å²) in [6.07, 6.45) is 0. The van der Waals surface area contributed by atoms with E-state index in [0.717, 1.165) is 33.7 Å². The molecule has 2 heterocycles. The molecule has 0 saturated carbocycles. The van der Waals surface area contributed by atoms with Crippen molar-refractivity contribution in [1.82, 2.24) is 14.8 Å². The molecule has 0 atom stereocenters. The highest BCUT2D eigenvalue weighted by molar-refractivity contribution is 5.94. The van der Waals surface area contributed by atoms with E-state index in [1.54, 1.807) is 0 Å². The first-order valence-electron chi connectivity index (χ1n) is 8.54. The van der Waals surface area contributed by atoms with Crippen molar-refractivity contribution in [2.24, 2.45) is 0 Å². The van der Waals surface area contributed by atoms with Gasteiger partial charge in [0.25, 0.3) is 0 Å². The van der Waals surface area contributed by atoms with Gasteiger partial charge in [0.05, 0.1) is 11.1 Å². The molecular weight excluding hydrogens is 306 g/mol. The molecule has 3 nitrogen and oxygen atoms in total. The van der Waals surface area contributed by atoms with Crippen molar-refractivity contribution in [2.45, 2.75) is 27.7 Å². The smallest absolute Gasteiger partial charge is 0.164 e. The first kappa shape index (κ1) is 15.6. The van der Waals surface area contributed by atoms with Crippen LogP contribution in [0.3, 0.4) is 0 Å². The Kier molecular flexibility index (Phi) is 3.65. The second-order valence-electron chi connectivity index (χ2n) is 6.74. The van der Waals surface area contributed by atoms with Gasteiger partial charge in [-0.3, -0.25) is 0 Å². The molecule has 0 amide bonds. The molecule has 2 aromatic heterocycles. The number of pyridine rings is 1. The van der Waals surface area contributed by atoms with E-state index < -0.39 is 0 Å². The number of aromatic nitrogens is 3. The molecule has 124 valence electrons. The maximum atomic E-state index is 4.95. The van der Waals surface area contributed by atoms with Crippen LogP contribution in [-0.2, 0) is 0 Å². The lowest BCUT2D eigenvalue weighted by atomic mass is 10.0. The molecule has 4 aromatic rings. The Morgan fingerprint density at radius 3 is 2.00 bits per heavy atom. The lowest BCUT2D eigenvalue weighted by Gasteiger charge is -2.04. The van der Waals surface area contributed by atoms with Crippen LogP contribution in [0.2, 0.25) is 0 Å². The summed E-state index contributed by atoms with van der Waals surface area (Å²) >= 11 is 0. The lowest BCUT2D eigenvalue weighted by molar-refractivity contribution is 0.897. The predicted molar refractivity (Wildman–Crippen MR) is 103 cm³/mol. The lowest BCUT2D eigenvalue weighted by Crippen LogP contribution is -1.98. The van der Waals surface area contributed by atoms with Crippen molar-refractivity contribution >= 4 is 11.0 Å². The summed E-state index contributed by atoms with van der Waals surface area (Å²) in [4.78, 5) is 4.80. The van der Waals surface area contributed by atoms with Gasteiger partial charge in [-0.15, -0.1) is 0 Å². The number of nitrogens with zero attached hydrogens (tertiary/aromatic N) is 3. The van der Waals surface area contributed by atoms with Crippen LogP contribution in [0.25, 0.3) is 28.0 Å². The molecular formula is C22H21N3. The third-order valence-electron chi connectivity index (χ3n) is 4.57. The van der Waals surface area contributed by atoms with Crippen molar-refractivity contribution in [3.05, 3.63) is 77.0 Å². The van der Waals surface area contributed by atoms with E-state index >= 15 is 0 Å². The van der Waals surface area contributed by atoms with Gasteiger partial charge in [-0.25, -0.2) is 9.67 Å². The minimum absolute atomic E-state index is 0.914. The van der Waals surface area contributed by atoms with Crippen molar-refractivity contribution in [1.29, 1.82) is 0 Å². The van der Waals surface area contributed by atoms with E-state index in [0.29, 0.717) is 0 Å². The molecule has 2 aromatic carbocycles. The van der Waals surface area contributed by atoms with Gasteiger partial charge < -0.3 is 0 Å². The molecule has 4 rings (SSSR count). The Balaban J connectivity index is 2.04. The molecule has 0 radical (unpaired) electrons. The van der Waals surface area contributed by atoms with Crippen molar-refractivity contribution in [2.75, 3.05) is 0 Å². The second-order valence-corrected chi connectivity index (χ2v) is 6.74. The van der Waals surface area contributed by atoms with Crippen LogP contribution in [0.4, 0.5) is 0 Å². The minimum atomic E-state index is 0.914.